The van der Waals surface area contributed by atoms with Crippen molar-refractivity contribution in [2.75, 3.05) is 13.6 Å². The van der Waals surface area contributed by atoms with Gasteiger partial charge in [-0.05, 0) is 32.2 Å². The minimum absolute atomic E-state index is 0.846. The van der Waals surface area contributed by atoms with Crippen molar-refractivity contribution in [2.45, 2.75) is 6.92 Å². The number of thiophene rings is 1. The van der Waals surface area contributed by atoms with Crippen molar-refractivity contribution < 1.29 is 0 Å². The zero-order chi connectivity index (χ0) is 8.97. The summed E-state index contributed by atoms with van der Waals surface area (Å²) in [5, 5.41) is 3.10. The highest BCUT2D eigenvalue weighted by Gasteiger charge is 1.94. The van der Waals surface area contributed by atoms with Crippen molar-refractivity contribution in [3.8, 4) is 0 Å². The van der Waals surface area contributed by atoms with Crippen molar-refractivity contribution >= 4 is 29.0 Å². The lowest BCUT2D eigenvalue weighted by Gasteiger charge is -1.96. The maximum absolute atomic E-state index is 5.79. The predicted octanol–water partition coefficient (Wildman–Crippen LogP) is 3.02. The van der Waals surface area contributed by atoms with E-state index in [1.165, 1.54) is 10.5 Å². The second-order valence-electron chi connectivity index (χ2n) is 2.66. The van der Waals surface area contributed by atoms with Gasteiger partial charge in [0.25, 0.3) is 0 Å². The highest BCUT2D eigenvalue weighted by Crippen LogP contribution is 2.23. The molecule has 0 saturated heterocycles. The Bertz CT molecular complexity index is 278. The van der Waals surface area contributed by atoms with Crippen LogP contribution in [0.4, 0.5) is 0 Å². The highest BCUT2D eigenvalue weighted by molar-refractivity contribution is 7.17. The second-order valence-corrected chi connectivity index (χ2v) is 4.41. The molecule has 0 amide bonds. The Hall–Kier alpha value is -0.310. The van der Waals surface area contributed by atoms with Gasteiger partial charge in [0.1, 0.15) is 0 Å². The van der Waals surface area contributed by atoms with Crippen LogP contribution in [0.2, 0.25) is 4.34 Å². The Balaban J connectivity index is 2.67. The maximum atomic E-state index is 5.79. The molecule has 1 aromatic heterocycles. The molecule has 0 bridgehead atoms. The van der Waals surface area contributed by atoms with E-state index in [1.807, 2.05) is 19.2 Å². The molecule has 1 aromatic rings. The van der Waals surface area contributed by atoms with Crippen molar-refractivity contribution in [2.24, 2.45) is 0 Å². The van der Waals surface area contributed by atoms with Crippen LogP contribution in [0.1, 0.15) is 11.8 Å². The van der Waals surface area contributed by atoms with E-state index in [2.05, 4.69) is 18.3 Å². The first-order valence-corrected chi connectivity index (χ1v) is 4.99. The smallest absolute Gasteiger partial charge is 0.0934 e. The van der Waals surface area contributed by atoms with Gasteiger partial charge in [-0.3, -0.25) is 0 Å². The molecule has 0 saturated carbocycles. The van der Waals surface area contributed by atoms with Crippen molar-refractivity contribution in [1.82, 2.24) is 5.32 Å². The van der Waals surface area contributed by atoms with Crippen molar-refractivity contribution in [3.63, 3.8) is 0 Å². The van der Waals surface area contributed by atoms with Crippen LogP contribution in [0.15, 0.2) is 17.7 Å². The molecule has 0 aromatic carbocycles. The van der Waals surface area contributed by atoms with E-state index >= 15 is 0 Å². The first-order valence-electron chi connectivity index (χ1n) is 3.79. The van der Waals surface area contributed by atoms with E-state index in [0.717, 1.165) is 10.9 Å². The molecule has 1 N–H and O–H groups in total. The van der Waals surface area contributed by atoms with Gasteiger partial charge in [-0.2, -0.15) is 0 Å². The molecule has 0 aliphatic heterocycles. The zero-order valence-electron chi connectivity index (χ0n) is 7.23. The number of rotatable bonds is 3. The van der Waals surface area contributed by atoms with Gasteiger partial charge in [-0.15, -0.1) is 11.3 Å². The van der Waals surface area contributed by atoms with Crippen LogP contribution in [0.5, 0.6) is 0 Å². The van der Waals surface area contributed by atoms with E-state index in [4.69, 9.17) is 11.6 Å². The molecular formula is C9H12ClNS. The topological polar surface area (TPSA) is 12.0 Å². The van der Waals surface area contributed by atoms with Gasteiger partial charge in [0.2, 0.25) is 0 Å². The molecule has 1 rings (SSSR count). The average Bonchev–Trinajstić information content (AvgIpc) is 2.36. The average molecular weight is 202 g/mol. The SMILES string of the molecule is CNCC(C)=Cc1ccc(Cl)s1. The third kappa shape index (κ3) is 2.97. The normalized spacial score (nSPS) is 12.1. The van der Waals surface area contributed by atoms with Crippen LogP contribution in [0.3, 0.4) is 0 Å². The quantitative estimate of drug-likeness (QED) is 0.793. The van der Waals surface area contributed by atoms with Crippen LogP contribution in [0, 0.1) is 0 Å². The molecule has 1 heterocycles. The number of hydrogen-bond acceptors (Lipinski definition) is 2. The lowest BCUT2D eigenvalue weighted by molar-refractivity contribution is 0.885. The van der Waals surface area contributed by atoms with Crippen LogP contribution in [0.25, 0.3) is 6.08 Å². The minimum Gasteiger partial charge on any atom is -0.316 e. The van der Waals surface area contributed by atoms with E-state index < -0.39 is 0 Å². The Morgan fingerprint density at radius 3 is 2.92 bits per heavy atom. The van der Waals surface area contributed by atoms with Crippen molar-refractivity contribution in [3.05, 3.63) is 26.9 Å². The molecule has 0 unspecified atom stereocenters. The Morgan fingerprint density at radius 1 is 1.67 bits per heavy atom. The molecular weight excluding hydrogens is 190 g/mol. The van der Waals surface area contributed by atoms with Gasteiger partial charge < -0.3 is 5.32 Å². The van der Waals surface area contributed by atoms with Crippen LogP contribution in [-0.2, 0) is 0 Å². The first kappa shape index (κ1) is 9.78. The molecule has 0 aliphatic rings. The van der Waals surface area contributed by atoms with E-state index in [0.29, 0.717) is 0 Å². The highest BCUT2D eigenvalue weighted by atomic mass is 35.5. The number of nitrogens with one attached hydrogen (secondary N) is 1. The molecule has 0 spiro atoms. The first-order chi connectivity index (χ1) is 5.72. The maximum Gasteiger partial charge on any atom is 0.0934 e. The summed E-state index contributed by atoms with van der Waals surface area (Å²) in [6.07, 6.45) is 2.15. The van der Waals surface area contributed by atoms with Gasteiger partial charge in [-0.25, -0.2) is 0 Å². The molecule has 0 aliphatic carbocycles. The van der Waals surface area contributed by atoms with Gasteiger partial charge in [0, 0.05) is 11.4 Å². The van der Waals surface area contributed by atoms with Crippen LogP contribution in [-0.4, -0.2) is 13.6 Å². The minimum atomic E-state index is 0.846. The lowest BCUT2D eigenvalue weighted by Crippen LogP contribution is -2.08. The van der Waals surface area contributed by atoms with E-state index in [1.54, 1.807) is 11.3 Å². The Morgan fingerprint density at radius 2 is 2.42 bits per heavy atom. The van der Waals surface area contributed by atoms with Crippen LogP contribution >= 0.6 is 22.9 Å². The summed E-state index contributed by atoms with van der Waals surface area (Å²) in [6.45, 7) is 3.03. The van der Waals surface area contributed by atoms with E-state index in [9.17, 15) is 0 Å². The number of hydrogen-bond donors (Lipinski definition) is 1. The largest absolute Gasteiger partial charge is 0.316 e. The van der Waals surface area contributed by atoms with Gasteiger partial charge >= 0.3 is 0 Å². The molecule has 66 valence electrons. The van der Waals surface area contributed by atoms with E-state index in [-0.39, 0.29) is 0 Å². The summed E-state index contributed by atoms with van der Waals surface area (Å²) >= 11 is 7.40. The number of likely N-dealkylation sites (N-methyl/N-ethyl adjacent to an activating group) is 1. The van der Waals surface area contributed by atoms with Gasteiger partial charge in [0.05, 0.1) is 4.34 Å². The third-order valence-electron chi connectivity index (χ3n) is 1.44. The summed E-state index contributed by atoms with van der Waals surface area (Å²) in [6, 6.07) is 3.96. The summed E-state index contributed by atoms with van der Waals surface area (Å²) in [7, 11) is 1.94. The van der Waals surface area contributed by atoms with Crippen LogP contribution < -0.4 is 5.32 Å². The molecule has 0 radical (unpaired) electrons. The molecule has 3 heteroatoms. The number of halogens is 1. The fourth-order valence-corrected chi connectivity index (χ4v) is 2.07. The summed E-state index contributed by atoms with van der Waals surface area (Å²) in [5.74, 6) is 0. The molecule has 0 atom stereocenters. The summed E-state index contributed by atoms with van der Waals surface area (Å²) in [5.41, 5.74) is 1.32. The molecule has 12 heavy (non-hydrogen) atoms. The fourth-order valence-electron chi connectivity index (χ4n) is 0.979. The predicted molar refractivity (Wildman–Crippen MR) is 56.9 cm³/mol. The zero-order valence-corrected chi connectivity index (χ0v) is 8.80. The summed E-state index contributed by atoms with van der Waals surface area (Å²) < 4.78 is 0.846. The monoisotopic (exact) mass is 201 g/mol. The van der Waals surface area contributed by atoms with Gasteiger partial charge in [0.15, 0.2) is 0 Å². The molecule has 1 nitrogen and oxygen atoms in total. The second kappa shape index (κ2) is 4.65. The summed E-state index contributed by atoms with van der Waals surface area (Å²) in [4.78, 5) is 1.22. The third-order valence-corrected chi connectivity index (χ3v) is 2.62. The Kier molecular flexibility index (Phi) is 3.79. The standard InChI is InChI=1S/C9H12ClNS/c1-7(6-11-2)5-8-3-4-9(10)12-8/h3-5,11H,6H2,1-2H3. The Labute approximate surface area is 82.1 Å². The van der Waals surface area contributed by atoms with Gasteiger partial charge in [-0.1, -0.05) is 17.2 Å². The molecule has 0 fully saturated rings. The fraction of sp³-hybridized carbons (Fsp3) is 0.333. The van der Waals surface area contributed by atoms with Crippen molar-refractivity contribution in [1.29, 1.82) is 0 Å². The lowest BCUT2D eigenvalue weighted by atomic mass is 10.2.